The molecule has 0 aliphatic rings. The van der Waals surface area contributed by atoms with Crippen LogP contribution in [0.25, 0.3) is 0 Å². The van der Waals surface area contributed by atoms with Crippen molar-refractivity contribution in [3.05, 3.63) is 76.8 Å². The first kappa shape index (κ1) is 16.1. The largest absolute Gasteiger partial charge is 0.345 e. The molecule has 0 aliphatic carbocycles. The van der Waals surface area contributed by atoms with E-state index < -0.39 is 0 Å². The number of hydrogen-bond acceptors (Lipinski definition) is 5. The molecule has 0 atom stereocenters. The van der Waals surface area contributed by atoms with Gasteiger partial charge in [-0.05, 0) is 46.3 Å². The van der Waals surface area contributed by atoms with Gasteiger partial charge in [0.1, 0.15) is 5.69 Å². The molecule has 120 valence electrons. The van der Waals surface area contributed by atoms with Gasteiger partial charge in [-0.2, -0.15) is 0 Å². The quantitative estimate of drug-likeness (QED) is 0.706. The summed E-state index contributed by atoms with van der Waals surface area (Å²) < 4.78 is 0.888. The zero-order valence-corrected chi connectivity index (χ0v) is 14.2. The lowest BCUT2D eigenvalue weighted by Crippen LogP contribution is -2.24. The Balaban J connectivity index is 1.68. The molecule has 0 unspecified atom stereocenters. The second-order valence-corrected chi connectivity index (χ2v) is 5.73. The summed E-state index contributed by atoms with van der Waals surface area (Å²) in [7, 11) is 0. The predicted molar refractivity (Wildman–Crippen MR) is 94.9 cm³/mol. The van der Waals surface area contributed by atoms with E-state index in [4.69, 9.17) is 0 Å². The topological polar surface area (TPSA) is 79.8 Å². The van der Waals surface area contributed by atoms with Crippen molar-refractivity contribution in [3.63, 3.8) is 0 Å². The Labute approximate surface area is 147 Å². The van der Waals surface area contributed by atoms with Gasteiger partial charge in [-0.25, -0.2) is 9.97 Å². The molecule has 24 heavy (non-hydrogen) atoms. The van der Waals surface area contributed by atoms with Gasteiger partial charge < -0.3 is 10.6 Å². The summed E-state index contributed by atoms with van der Waals surface area (Å²) in [6, 6.07) is 14.7. The van der Waals surface area contributed by atoms with Gasteiger partial charge in [-0.1, -0.05) is 18.2 Å². The lowest BCUT2D eigenvalue weighted by atomic mass is 10.3. The van der Waals surface area contributed by atoms with E-state index in [1.165, 1.54) is 0 Å². The van der Waals surface area contributed by atoms with Gasteiger partial charge in [-0.15, -0.1) is 0 Å². The number of anilines is 2. The molecule has 0 fully saturated rings. The summed E-state index contributed by atoms with van der Waals surface area (Å²) in [5, 5.41) is 5.87. The summed E-state index contributed by atoms with van der Waals surface area (Å²) >= 11 is 3.45. The number of pyridine rings is 1. The lowest BCUT2D eigenvalue weighted by molar-refractivity contribution is 0.0945. The van der Waals surface area contributed by atoms with Gasteiger partial charge in [0, 0.05) is 16.9 Å². The van der Waals surface area contributed by atoms with Crippen molar-refractivity contribution in [3.8, 4) is 0 Å². The van der Waals surface area contributed by atoms with Crippen LogP contribution in [0.3, 0.4) is 0 Å². The molecule has 0 spiro atoms. The smallest absolute Gasteiger partial charge is 0.270 e. The highest BCUT2D eigenvalue weighted by Crippen LogP contribution is 2.23. The number of amides is 1. The minimum absolute atomic E-state index is 0.279. The maximum Gasteiger partial charge on any atom is 0.270 e. The number of aromatic nitrogens is 3. The number of para-hydroxylation sites is 1. The first-order chi connectivity index (χ1) is 11.7. The summed E-state index contributed by atoms with van der Waals surface area (Å²) in [6.45, 7) is 0.344. The fourth-order valence-corrected chi connectivity index (χ4v) is 2.38. The molecule has 0 aliphatic heterocycles. The average Bonchev–Trinajstić information content (AvgIpc) is 2.63. The van der Waals surface area contributed by atoms with E-state index in [9.17, 15) is 4.79 Å². The first-order valence-corrected chi connectivity index (χ1v) is 8.04. The Morgan fingerprint density at radius 3 is 2.62 bits per heavy atom. The molecule has 7 heteroatoms. The average molecular weight is 384 g/mol. The van der Waals surface area contributed by atoms with E-state index in [2.05, 4.69) is 41.5 Å². The van der Waals surface area contributed by atoms with Crippen LogP contribution in [0.1, 0.15) is 16.2 Å². The minimum atomic E-state index is -0.279. The molecule has 1 amide bonds. The van der Waals surface area contributed by atoms with E-state index >= 15 is 0 Å². The van der Waals surface area contributed by atoms with E-state index in [1.807, 2.05) is 42.5 Å². The number of halogens is 1. The minimum Gasteiger partial charge on any atom is -0.345 e. The van der Waals surface area contributed by atoms with Crippen molar-refractivity contribution in [2.75, 3.05) is 5.32 Å². The van der Waals surface area contributed by atoms with Crippen LogP contribution >= 0.6 is 15.9 Å². The number of carbonyl (C=O) groups excluding carboxylic acids is 1. The number of carbonyl (C=O) groups is 1. The second kappa shape index (κ2) is 7.65. The van der Waals surface area contributed by atoms with Crippen molar-refractivity contribution >= 4 is 33.5 Å². The van der Waals surface area contributed by atoms with E-state index in [1.54, 1.807) is 18.5 Å². The van der Waals surface area contributed by atoms with Crippen LogP contribution in [-0.4, -0.2) is 20.9 Å². The van der Waals surface area contributed by atoms with Crippen LogP contribution in [0.4, 0.5) is 11.6 Å². The molecule has 6 nitrogen and oxygen atoms in total. The van der Waals surface area contributed by atoms with Crippen LogP contribution in [-0.2, 0) is 6.54 Å². The number of nitrogens with one attached hydrogen (secondary N) is 2. The van der Waals surface area contributed by atoms with Gasteiger partial charge in [0.2, 0.25) is 5.95 Å². The van der Waals surface area contributed by atoms with E-state index in [0.717, 1.165) is 15.9 Å². The van der Waals surface area contributed by atoms with Crippen molar-refractivity contribution in [1.29, 1.82) is 0 Å². The highest BCUT2D eigenvalue weighted by atomic mass is 79.9. The first-order valence-electron chi connectivity index (χ1n) is 7.25. The van der Waals surface area contributed by atoms with Gasteiger partial charge in [0.05, 0.1) is 17.9 Å². The number of rotatable bonds is 5. The maximum absolute atomic E-state index is 12.2. The Morgan fingerprint density at radius 2 is 1.83 bits per heavy atom. The summed E-state index contributed by atoms with van der Waals surface area (Å²) in [6.07, 6.45) is 3.23. The van der Waals surface area contributed by atoms with Gasteiger partial charge >= 0.3 is 0 Å². The van der Waals surface area contributed by atoms with Gasteiger partial charge in [-0.3, -0.25) is 9.78 Å². The van der Waals surface area contributed by atoms with Crippen LogP contribution in [0.5, 0.6) is 0 Å². The molecule has 0 radical (unpaired) electrons. The van der Waals surface area contributed by atoms with Crippen molar-refractivity contribution in [1.82, 2.24) is 20.3 Å². The van der Waals surface area contributed by atoms with Crippen molar-refractivity contribution in [2.24, 2.45) is 0 Å². The summed E-state index contributed by atoms with van der Waals surface area (Å²) in [5.74, 6) is 0.0746. The Kier molecular flexibility index (Phi) is 5.12. The number of hydrogen-bond donors (Lipinski definition) is 2. The number of nitrogens with zero attached hydrogens (tertiary/aromatic N) is 3. The molecular weight excluding hydrogens is 370 g/mol. The van der Waals surface area contributed by atoms with Crippen LogP contribution < -0.4 is 10.6 Å². The fraction of sp³-hybridized carbons (Fsp3) is 0.0588. The predicted octanol–water partition coefficient (Wildman–Crippen LogP) is 3.31. The summed E-state index contributed by atoms with van der Waals surface area (Å²) in [5.41, 5.74) is 1.89. The monoisotopic (exact) mass is 383 g/mol. The molecule has 1 aromatic carbocycles. The molecule has 3 aromatic rings. The second-order valence-electron chi connectivity index (χ2n) is 4.87. The van der Waals surface area contributed by atoms with Gasteiger partial charge in [0.15, 0.2) is 0 Å². The van der Waals surface area contributed by atoms with E-state index in [0.29, 0.717) is 12.5 Å². The normalized spacial score (nSPS) is 10.2. The highest BCUT2D eigenvalue weighted by molar-refractivity contribution is 9.10. The molecule has 0 saturated heterocycles. The Hall–Kier alpha value is -2.80. The fourth-order valence-electron chi connectivity index (χ4n) is 1.99. The molecule has 2 aromatic heterocycles. The SMILES string of the molecule is O=C(NCc1ccccn1)c1ccnc(Nc2ccccc2Br)n1. The molecule has 3 rings (SSSR count). The molecule has 0 bridgehead atoms. The zero-order chi connectivity index (χ0) is 16.8. The molecular formula is C17H14BrN5O. The van der Waals surface area contributed by atoms with E-state index in [-0.39, 0.29) is 11.6 Å². The third-order valence-electron chi connectivity index (χ3n) is 3.16. The zero-order valence-electron chi connectivity index (χ0n) is 12.6. The van der Waals surface area contributed by atoms with Gasteiger partial charge in [0.25, 0.3) is 5.91 Å². The lowest BCUT2D eigenvalue weighted by Gasteiger charge is -2.08. The van der Waals surface area contributed by atoms with Crippen LogP contribution in [0.15, 0.2) is 65.4 Å². The molecule has 2 heterocycles. The number of benzene rings is 1. The standard InChI is InChI=1S/C17H14BrN5O/c18-13-6-1-2-7-14(13)22-17-20-10-8-15(23-17)16(24)21-11-12-5-3-4-9-19-12/h1-10H,11H2,(H,21,24)(H,20,22,23). The Morgan fingerprint density at radius 1 is 1.00 bits per heavy atom. The summed E-state index contributed by atoms with van der Waals surface area (Å²) in [4.78, 5) is 24.8. The molecule has 2 N–H and O–H groups in total. The Bertz CT molecular complexity index is 841. The van der Waals surface area contributed by atoms with Crippen LogP contribution in [0.2, 0.25) is 0 Å². The van der Waals surface area contributed by atoms with Crippen molar-refractivity contribution in [2.45, 2.75) is 6.54 Å². The highest BCUT2D eigenvalue weighted by Gasteiger charge is 2.09. The van der Waals surface area contributed by atoms with Crippen LogP contribution in [0, 0.1) is 0 Å². The molecule has 0 saturated carbocycles. The third kappa shape index (κ3) is 4.14. The maximum atomic E-state index is 12.2. The van der Waals surface area contributed by atoms with Crippen molar-refractivity contribution < 1.29 is 4.79 Å². The third-order valence-corrected chi connectivity index (χ3v) is 3.86.